The van der Waals surface area contributed by atoms with Gasteiger partial charge in [0, 0.05) is 0 Å². The minimum absolute atomic E-state index is 0.361. The van der Waals surface area contributed by atoms with Crippen LogP contribution < -0.4 is 0 Å². The summed E-state index contributed by atoms with van der Waals surface area (Å²) in [6.45, 7) is 8.26. The largest absolute Gasteiger partial charge is 0.411 e. The molecule has 0 spiro atoms. The van der Waals surface area contributed by atoms with Gasteiger partial charge in [-0.3, -0.25) is 0 Å². The molecule has 0 rings (SSSR count). The lowest BCUT2D eigenvalue weighted by Crippen LogP contribution is -2.16. The van der Waals surface area contributed by atoms with E-state index < -0.39 is 0 Å². The first-order valence-corrected chi connectivity index (χ1v) is 3.85. The van der Waals surface area contributed by atoms with E-state index in [1.807, 2.05) is 13.8 Å². The fourth-order valence-electron chi connectivity index (χ4n) is 0.992. The van der Waals surface area contributed by atoms with Gasteiger partial charge in [-0.05, 0) is 18.3 Å². The molecule has 0 aliphatic carbocycles. The van der Waals surface area contributed by atoms with Crippen molar-refractivity contribution in [2.45, 2.75) is 34.1 Å². The molecular weight excluding hydrogens is 126 g/mol. The number of hydrogen-bond donors (Lipinski definition) is 1. The maximum absolute atomic E-state index is 8.59. The molecule has 2 nitrogen and oxygen atoms in total. The van der Waals surface area contributed by atoms with Gasteiger partial charge >= 0.3 is 0 Å². The van der Waals surface area contributed by atoms with Crippen molar-refractivity contribution in [3.63, 3.8) is 0 Å². The molecule has 0 saturated heterocycles. The standard InChI is InChI=1S/C8H17NO/c1-5-7(4)8(9-10)6(2)3/h6-7,10H,5H2,1-4H3/b9-8+. The van der Waals surface area contributed by atoms with Crippen molar-refractivity contribution in [2.75, 3.05) is 0 Å². The molecule has 2 heteroatoms. The Morgan fingerprint density at radius 1 is 1.40 bits per heavy atom. The molecule has 0 radical (unpaired) electrons. The summed E-state index contributed by atoms with van der Waals surface area (Å²) in [6.07, 6.45) is 1.04. The number of oxime groups is 1. The Hall–Kier alpha value is -0.530. The van der Waals surface area contributed by atoms with E-state index in [0.717, 1.165) is 12.1 Å². The number of nitrogens with zero attached hydrogens (tertiary/aromatic N) is 1. The first-order chi connectivity index (χ1) is 4.63. The van der Waals surface area contributed by atoms with E-state index in [-0.39, 0.29) is 0 Å². The van der Waals surface area contributed by atoms with E-state index in [9.17, 15) is 0 Å². The molecule has 0 aliphatic rings. The third-order valence-corrected chi connectivity index (χ3v) is 1.82. The molecule has 0 aromatic carbocycles. The Bertz CT molecular complexity index is 118. The van der Waals surface area contributed by atoms with Gasteiger partial charge in [-0.1, -0.05) is 32.9 Å². The van der Waals surface area contributed by atoms with Crippen LogP contribution in [0, 0.1) is 11.8 Å². The summed E-state index contributed by atoms with van der Waals surface area (Å²) in [6, 6.07) is 0. The van der Waals surface area contributed by atoms with Gasteiger partial charge in [-0.25, -0.2) is 0 Å². The van der Waals surface area contributed by atoms with Crippen LogP contribution in [-0.4, -0.2) is 10.9 Å². The van der Waals surface area contributed by atoms with Crippen LogP contribution in [0.25, 0.3) is 0 Å². The summed E-state index contributed by atoms with van der Waals surface area (Å²) < 4.78 is 0. The molecule has 10 heavy (non-hydrogen) atoms. The van der Waals surface area contributed by atoms with Crippen molar-refractivity contribution in [1.82, 2.24) is 0 Å². The SMILES string of the molecule is CCC(C)/C(=N/O)C(C)C. The van der Waals surface area contributed by atoms with Gasteiger partial charge in [0.15, 0.2) is 0 Å². The zero-order valence-electron chi connectivity index (χ0n) is 7.26. The molecular formula is C8H17NO. The molecule has 0 aliphatic heterocycles. The maximum Gasteiger partial charge on any atom is 0.0624 e. The first kappa shape index (κ1) is 9.47. The highest BCUT2D eigenvalue weighted by molar-refractivity contribution is 5.87. The van der Waals surface area contributed by atoms with Crippen molar-refractivity contribution in [2.24, 2.45) is 17.0 Å². The van der Waals surface area contributed by atoms with E-state index in [2.05, 4.69) is 19.0 Å². The van der Waals surface area contributed by atoms with Gasteiger partial charge in [0.2, 0.25) is 0 Å². The fraction of sp³-hybridized carbons (Fsp3) is 0.875. The van der Waals surface area contributed by atoms with E-state index in [1.165, 1.54) is 0 Å². The molecule has 1 atom stereocenters. The molecule has 1 unspecified atom stereocenters. The molecule has 0 aromatic rings. The third kappa shape index (κ3) is 2.38. The lowest BCUT2D eigenvalue weighted by molar-refractivity contribution is 0.311. The Balaban J connectivity index is 4.08. The van der Waals surface area contributed by atoms with Crippen molar-refractivity contribution in [3.8, 4) is 0 Å². The Morgan fingerprint density at radius 3 is 2.00 bits per heavy atom. The summed E-state index contributed by atoms with van der Waals surface area (Å²) in [7, 11) is 0. The molecule has 0 bridgehead atoms. The number of rotatable bonds is 3. The normalized spacial score (nSPS) is 15.9. The maximum atomic E-state index is 8.59. The smallest absolute Gasteiger partial charge is 0.0624 e. The van der Waals surface area contributed by atoms with Crippen LogP contribution in [0.3, 0.4) is 0 Å². The van der Waals surface area contributed by atoms with Gasteiger partial charge in [-0.2, -0.15) is 0 Å². The van der Waals surface area contributed by atoms with E-state index in [1.54, 1.807) is 0 Å². The highest BCUT2D eigenvalue weighted by atomic mass is 16.4. The Kier molecular flexibility index (Phi) is 4.08. The van der Waals surface area contributed by atoms with Crippen molar-refractivity contribution in [3.05, 3.63) is 0 Å². The summed E-state index contributed by atoms with van der Waals surface area (Å²) >= 11 is 0. The molecule has 0 heterocycles. The summed E-state index contributed by atoms with van der Waals surface area (Å²) in [5, 5.41) is 11.9. The molecule has 0 fully saturated rings. The predicted molar refractivity (Wildman–Crippen MR) is 43.5 cm³/mol. The van der Waals surface area contributed by atoms with Gasteiger partial charge < -0.3 is 5.21 Å². The van der Waals surface area contributed by atoms with Crippen LogP contribution in [-0.2, 0) is 0 Å². The van der Waals surface area contributed by atoms with Crippen LogP contribution in [0.1, 0.15) is 34.1 Å². The summed E-state index contributed by atoms with van der Waals surface area (Å²) in [5.74, 6) is 0.768. The highest BCUT2D eigenvalue weighted by Gasteiger charge is 2.12. The van der Waals surface area contributed by atoms with Gasteiger partial charge in [0.05, 0.1) is 5.71 Å². The first-order valence-electron chi connectivity index (χ1n) is 3.85. The predicted octanol–water partition coefficient (Wildman–Crippen LogP) is 2.52. The lowest BCUT2D eigenvalue weighted by Gasteiger charge is -2.13. The Morgan fingerprint density at radius 2 is 1.90 bits per heavy atom. The van der Waals surface area contributed by atoms with Crippen molar-refractivity contribution in [1.29, 1.82) is 0 Å². The van der Waals surface area contributed by atoms with Crippen LogP contribution in [0.15, 0.2) is 5.16 Å². The van der Waals surface area contributed by atoms with E-state index >= 15 is 0 Å². The quantitative estimate of drug-likeness (QED) is 0.367. The fourth-order valence-corrected chi connectivity index (χ4v) is 0.992. The zero-order valence-corrected chi connectivity index (χ0v) is 7.26. The van der Waals surface area contributed by atoms with Gasteiger partial charge in [0.1, 0.15) is 0 Å². The van der Waals surface area contributed by atoms with Crippen LogP contribution >= 0.6 is 0 Å². The third-order valence-electron chi connectivity index (χ3n) is 1.82. The molecule has 60 valence electrons. The van der Waals surface area contributed by atoms with Crippen LogP contribution in [0.4, 0.5) is 0 Å². The second-order valence-electron chi connectivity index (χ2n) is 2.99. The van der Waals surface area contributed by atoms with Crippen molar-refractivity contribution < 1.29 is 5.21 Å². The summed E-state index contributed by atoms with van der Waals surface area (Å²) in [4.78, 5) is 0. The average molecular weight is 143 g/mol. The second kappa shape index (κ2) is 4.31. The minimum Gasteiger partial charge on any atom is -0.411 e. The minimum atomic E-state index is 0.361. The lowest BCUT2D eigenvalue weighted by atomic mass is 9.94. The van der Waals surface area contributed by atoms with E-state index in [4.69, 9.17) is 5.21 Å². The number of hydrogen-bond acceptors (Lipinski definition) is 2. The average Bonchev–Trinajstić information content (AvgIpc) is 1.88. The van der Waals surface area contributed by atoms with Crippen molar-refractivity contribution >= 4 is 5.71 Å². The zero-order chi connectivity index (χ0) is 8.15. The van der Waals surface area contributed by atoms with Gasteiger partial charge in [0.25, 0.3) is 0 Å². The second-order valence-corrected chi connectivity index (χ2v) is 2.99. The van der Waals surface area contributed by atoms with E-state index in [0.29, 0.717) is 11.8 Å². The highest BCUT2D eigenvalue weighted by Crippen LogP contribution is 2.11. The van der Waals surface area contributed by atoms with Crippen LogP contribution in [0.5, 0.6) is 0 Å². The molecule has 0 amide bonds. The monoisotopic (exact) mass is 143 g/mol. The topological polar surface area (TPSA) is 32.6 Å². The summed E-state index contributed by atoms with van der Waals surface area (Å²) in [5.41, 5.74) is 0.905. The molecule has 0 saturated carbocycles. The molecule has 1 N–H and O–H groups in total. The Labute approximate surface area is 62.9 Å². The van der Waals surface area contributed by atoms with Gasteiger partial charge in [-0.15, -0.1) is 0 Å². The van der Waals surface area contributed by atoms with Crippen LogP contribution in [0.2, 0.25) is 0 Å². The molecule has 0 aromatic heterocycles.